The number of rotatable bonds is 9. The van der Waals surface area contributed by atoms with E-state index in [1.165, 1.54) is 0 Å². The van der Waals surface area contributed by atoms with Gasteiger partial charge in [0.2, 0.25) is 11.8 Å². The number of thioether (sulfide) groups is 1. The van der Waals surface area contributed by atoms with Gasteiger partial charge in [-0.1, -0.05) is 6.92 Å². The molecule has 1 heterocycles. The van der Waals surface area contributed by atoms with Crippen LogP contribution in [0.15, 0.2) is 0 Å². The molecule has 0 radical (unpaired) electrons. The lowest BCUT2D eigenvalue weighted by molar-refractivity contribution is -0.132. The first-order chi connectivity index (χ1) is 12.6. The van der Waals surface area contributed by atoms with Crippen LogP contribution in [0.3, 0.4) is 0 Å². The van der Waals surface area contributed by atoms with Crippen LogP contribution in [0, 0.1) is 11.8 Å². The number of nitrogens with one attached hydrogen (secondary N) is 2. The van der Waals surface area contributed by atoms with Crippen molar-refractivity contribution in [3.63, 3.8) is 0 Å². The summed E-state index contributed by atoms with van der Waals surface area (Å²) in [6.45, 7) is 7.06. The van der Waals surface area contributed by atoms with Crippen molar-refractivity contribution in [2.45, 2.75) is 45.1 Å². The Morgan fingerprint density at radius 1 is 1.19 bits per heavy atom. The molecule has 2 rings (SSSR count). The van der Waals surface area contributed by atoms with Gasteiger partial charge in [0.15, 0.2) is 0 Å². The maximum absolute atomic E-state index is 12.6. The summed E-state index contributed by atoms with van der Waals surface area (Å²) in [5.74, 6) is 1.67. The Hall–Kier alpha value is -0.790. The maximum Gasteiger partial charge on any atom is 0.242 e. The van der Waals surface area contributed by atoms with Gasteiger partial charge in [-0.25, -0.2) is 0 Å². The summed E-state index contributed by atoms with van der Waals surface area (Å²) in [5, 5.41) is 6.04. The summed E-state index contributed by atoms with van der Waals surface area (Å²) in [6.07, 6.45) is 6.82. The fraction of sp³-hybridized carbons (Fsp3) is 0.895. The Morgan fingerprint density at radius 3 is 2.54 bits per heavy atom. The Kier molecular flexibility index (Phi) is 9.78. The lowest BCUT2D eigenvalue weighted by atomic mass is 9.82. The van der Waals surface area contributed by atoms with Crippen molar-refractivity contribution >= 4 is 23.6 Å². The van der Waals surface area contributed by atoms with Crippen molar-refractivity contribution in [3.05, 3.63) is 0 Å². The topological polar surface area (TPSA) is 70.7 Å². The highest BCUT2D eigenvalue weighted by molar-refractivity contribution is 7.98. The van der Waals surface area contributed by atoms with Crippen molar-refractivity contribution in [1.82, 2.24) is 15.5 Å². The molecule has 1 aliphatic heterocycles. The molecule has 1 aliphatic carbocycles. The number of hydrogen-bond acceptors (Lipinski definition) is 5. The zero-order chi connectivity index (χ0) is 18.8. The highest BCUT2D eigenvalue weighted by Crippen LogP contribution is 2.28. The average Bonchev–Trinajstić information content (AvgIpc) is 2.66. The van der Waals surface area contributed by atoms with E-state index in [2.05, 4.69) is 22.5 Å². The van der Waals surface area contributed by atoms with E-state index in [0.29, 0.717) is 13.0 Å². The number of amides is 2. The van der Waals surface area contributed by atoms with Crippen LogP contribution < -0.4 is 10.6 Å². The molecule has 2 fully saturated rings. The first-order valence-corrected chi connectivity index (χ1v) is 11.4. The van der Waals surface area contributed by atoms with Crippen LogP contribution in [0.4, 0.5) is 0 Å². The molecule has 0 aromatic heterocycles. The fourth-order valence-corrected chi connectivity index (χ4v) is 4.07. The molecular weight excluding hydrogens is 350 g/mol. The van der Waals surface area contributed by atoms with Crippen molar-refractivity contribution in [3.8, 4) is 0 Å². The predicted molar refractivity (Wildman–Crippen MR) is 106 cm³/mol. The number of carbonyl (C=O) groups is 2. The van der Waals surface area contributed by atoms with Gasteiger partial charge in [-0.2, -0.15) is 11.8 Å². The number of ether oxygens (including phenoxy) is 1. The Bertz CT molecular complexity index is 436. The van der Waals surface area contributed by atoms with Gasteiger partial charge in [-0.15, -0.1) is 0 Å². The van der Waals surface area contributed by atoms with Gasteiger partial charge in [0.1, 0.15) is 6.04 Å². The van der Waals surface area contributed by atoms with Crippen LogP contribution in [0.2, 0.25) is 0 Å². The number of morpholine rings is 1. The van der Waals surface area contributed by atoms with Gasteiger partial charge < -0.3 is 15.4 Å². The normalized spacial score (nSPS) is 25.5. The second-order valence-corrected chi connectivity index (χ2v) is 8.53. The van der Waals surface area contributed by atoms with Gasteiger partial charge in [0, 0.05) is 32.1 Å². The van der Waals surface area contributed by atoms with E-state index < -0.39 is 6.04 Å². The molecule has 0 bridgehead atoms. The molecule has 150 valence electrons. The van der Waals surface area contributed by atoms with E-state index in [4.69, 9.17) is 4.74 Å². The Balaban J connectivity index is 1.76. The SMILES string of the molecule is CSCC[C@H](NC(=O)C1CCC(C)CC1)C(=O)NCCN1CCOCC1. The second-order valence-electron chi connectivity index (χ2n) is 7.54. The van der Waals surface area contributed by atoms with Gasteiger partial charge in [0.05, 0.1) is 13.2 Å². The zero-order valence-electron chi connectivity index (χ0n) is 16.3. The van der Waals surface area contributed by atoms with E-state index in [1.807, 2.05) is 6.26 Å². The predicted octanol–water partition coefficient (Wildman–Crippen LogP) is 1.50. The summed E-state index contributed by atoms with van der Waals surface area (Å²) < 4.78 is 5.34. The van der Waals surface area contributed by atoms with Gasteiger partial charge in [-0.3, -0.25) is 14.5 Å². The molecule has 26 heavy (non-hydrogen) atoms. The molecule has 0 aromatic carbocycles. The molecule has 2 N–H and O–H groups in total. The third kappa shape index (κ3) is 7.45. The molecule has 0 spiro atoms. The standard InChI is InChI=1S/C19H35N3O3S/c1-15-3-5-16(6-4-15)18(23)21-17(7-14-26-2)19(24)20-8-9-22-10-12-25-13-11-22/h15-17H,3-14H2,1-2H3,(H,20,24)(H,21,23)/t15?,16?,17-/m0/s1. The summed E-state index contributed by atoms with van der Waals surface area (Å²) in [5.41, 5.74) is 0. The third-order valence-corrected chi connectivity index (χ3v) is 6.11. The fourth-order valence-electron chi connectivity index (χ4n) is 3.60. The van der Waals surface area contributed by atoms with Crippen molar-refractivity contribution < 1.29 is 14.3 Å². The summed E-state index contributed by atoms with van der Waals surface area (Å²) in [7, 11) is 0. The highest BCUT2D eigenvalue weighted by atomic mass is 32.2. The molecule has 2 aliphatic rings. The first-order valence-electron chi connectivity index (χ1n) is 9.97. The van der Waals surface area contributed by atoms with Crippen molar-refractivity contribution in [1.29, 1.82) is 0 Å². The largest absolute Gasteiger partial charge is 0.379 e. The van der Waals surface area contributed by atoms with E-state index in [0.717, 1.165) is 70.2 Å². The van der Waals surface area contributed by atoms with Gasteiger partial charge in [0.25, 0.3) is 0 Å². The second kappa shape index (κ2) is 11.8. The minimum atomic E-state index is -0.418. The number of carbonyl (C=O) groups excluding carboxylic acids is 2. The molecule has 2 amide bonds. The van der Waals surface area contributed by atoms with E-state index >= 15 is 0 Å². The van der Waals surface area contributed by atoms with Crippen LogP contribution in [0.5, 0.6) is 0 Å². The van der Waals surface area contributed by atoms with Crippen LogP contribution in [-0.2, 0) is 14.3 Å². The minimum absolute atomic E-state index is 0.0511. The molecule has 1 atom stereocenters. The quantitative estimate of drug-likeness (QED) is 0.629. The molecule has 0 unspecified atom stereocenters. The Labute approximate surface area is 162 Å². The van der Waals surface area contributed by atoms with E-state index in [-0.39, 0.29) is 17.7 Å². The lowest BCUT2D eigenvalue weighted by Gasteiger charge is -2.28. The molecule has 0 aromatic rings. The van der Waals surface area contributed by atoms with Crippen LogP contribution >= 0.6 is 11.8 Å². The monoisotopic (exact) mass is 385 g/mol. The molecular formula is C19H35N3O3S. The van der Waals surface area contributed by atoms with E-state index in [9.17, 15) is 9.59 Å². The van der Waals surface area contributed by atoms with Crippen LogP contribution in [-0.4, -0.2) is 74.2 Å². The number of nitrogens with zero attached hydrogens (tertiary/aromatic N) is 1. The minimum Gasteiger partial charge on any atom is -0.379 e. The van der Waals surface area contributed by atoms with Crippen LogP contribution in [0.25, 0.3) is 0 Å². The van der Waals surface area contributed by atoms with Crippen molar-refractivity contribution in [2.24, 2.45) is 11.8 Å². The maximum atomic E-state index is 12.6. The first kappa shape index (κ1) is 21.5. The van der Waals surface area contributed by atoms with Crippen molar-refractivity contribution in [2.75, 3.05) is 51.4 Å². The lowest BCUT2D eigenvalue weighted by Crippen LogP contribution is -2.50. The average molecular weight is 386 g/mol. The molecule has 7 heteroatoms. The highest BCUT2D eigenvalue weighted by Gasteiger charge is 2.28. The summed E-state index contributed by atoms with van der Waals surface area (Å²) >= 11 is 1.70. The molecule has 1 saturated heterocycles. The van der Waals surface area contributed by atoms with Crippen LogP contribution in [0.1, 0.15) is 39.0 Å². The summed E-state index contributed by atoms with van der Waals surface area (Å²) in [4.78, 5) is 27.5. The zero-order valence-corrected chi connectivity index (χ0v) is 17.1. The third-order valence-electron chi connectivity index (χ3n) is 5.46. The number of hydrogen-bond donors (Lipinski definition) is 2. The molecule has 1 saturated carbocycles. The van der Waals surface area contributed by atoms with E-state index in [1.54, 1.807) is 11.8 Å². The summed E-state index contributed by atoms with van der Waals surface area (Å²) in [6, 6.07) is -0.418. The smallest absolute Gasteiger partial charge is 0.242 e. The van der Waals surface area contributed by atoms with Gasteiger partial charge in [-0.05, 0) is 50.0 Å². The Morgan fingerprint density at radius 2 is 1.88 bits per heavy atom. The van der Waals surface area contributed by atoms with Gasteiger partial charge >= 0.3 is 0 Å². The molecule has 6 nitrogen and oxygen atoms in total.